The van der Waals surface area contributed by atoms with E-state index in [9.17, 15) is 0 Å². The van der Waals surface area contributed by atoms with Crippen molar-refractivity contribution in [3.63, 3.8) is 0 Å². The fourth-order valence-electron chi connectivity index (χ4n) is 2.52. The van der Waals surface area contributed by atoms with Crippen molar-refractivity contribution in [2.24, 2.45) is 5.92 Å². The Morgan fingerprint density at radius 2 is 2.18 bits per heavy atom. The lowest BCUT2D eigenvalue weighted by atomic mass is 9.94. The average molecular weight is 234 g/mol. The van der Waals surface area contributed by atoms with Crippen LogP contribution in [0.15, 0.2) is 18.3 Å². The summed E-state index contributed by atoms with van der Waals surface area (Å²) >= 11 is 0. The first-order valence-corrected chi connectivity index (χ1v) is 6.53. The number of piperidine rings is 1. The number of nitrogens with zero attached hydrogens (tertiary/aromatic N) is 2. The van der Waals surface area contributed by atoms with Crippen molar-refractivity contribution in [1.82, 2.24) is 9.88 Å². The van der Waals surface area contributed by atoms with Crippen LogP contribution < -0.4 is 4.74 Å². The normalized spacial score (nSPS) is 18.2. The molecule has 0 amide bonds. The van der Waals surface area contributed by atoms with Gasteiger partial charge in [0.05, 0.1) is 7.11 Å². The number of hydrogen-bond donors (Lipinski definition) is 0. The maximum atomic E-state index is 5.29. The molecule has 0 N–H and O–H groups in total. The van der Waals surface area contributed by atoms with E-state index in [1.165, 1.54) is 37.9 Å². The van der Waals surface area contributed by atoms with Crippen LogP contribution in [0.5, 0.6) is 5.88 Å². The summed E-state index contributed by atoms with van der Waals surface area (Å²) in [5.74, 6) is 1.70. The molecule has 1 saturated heterocycles. The van der Waals surface area contributed by atoms with Crippen LogP contribution >= 0.6 is 0 Å². The van der Waals surface area contributed by atoms with E-state index >= 15 is 0 Å². The van der Waals surface area contributed by atoms with Crippen molar-refractivity contribution in [3.05, 3.63) is 23.9 Å². The van der Waals surface area contributed by atoms with Crippen molar-refractivity contribution in [1.29, 1.82) is 0 Å². The number of likely N-dealkylation sites (tertiary alicyclic amines) is 1. The third-order valence-electron chi connectivity index (χ3n) is 3.72. The standard InChI is InChI=1S/C14H22N2O/c1-3-12-6-9-16(10-7-12)11-13-5-4-8-15-14(13)17-2/h4-5,8,12H,3,6-7,9-11H2,1-2H3. The van der Waals surface area contributed by atoms with Gasteiger partial charge in [-0.1, -0.05) is 19.4 Å². The summed E-state index contributed by atoms with van der Waals surface area (Å²) in [6.07, 6.45) is 5.77. The molecular formula is C14H22N2O. The molecule has 1 aromatic heterocycles. The van der Waals surface area contributed by atoms with E-state index in [2.05, 4.69) is 22.9 Å². The highest BCUT2D eigenvalue weighted by Crippen LogP contribution is 2.23. The molecule has 0 atom stereocenters. The number of aromatic nitrogens is 1. The van der Waals surface area contributed by atoms with E-state index in [1.54, 1.807) is 13.3 Å². The Labute approximate surface area is 104 Å². The Bertz CT molecular complexity index is 346. The first-order valence-electron chi connectivity index (χ1n) is 6.53. The van der Waals surface area contributed by atoms with Gasteiger partial charge in [0.15, 0.2) is 0 Å². The maximum absolute atomic E-state index is 5.29. The van der Waals surface area contributed by atoms with Crippen LogP contribution in [0, 0.1) is 5.92 Å². The lowest BCUT2D eigenvalue weighted by molar-refractivity contribution is 0.173. The molecule has 0 spiro atoms. The van der Waals surface area contributed by atoms with Gasteiger partial charge in [-0.3, -0.25) is 4.90 Å². The van der Waals surface area contributed by atoms with Gasteiger partial charge in [0.1, 0.15) is 0 Å². The molecule has 17 heavy (non-hydrogen) atoms. The zero-order valence-corrected chi connectivity index (χ0v) is 10.9. The quantitative estimate of drug-likeness (QED) is 0.801. The van der Waals surface area contributed by atoms with Gasteiger partial charge in [-0.25, -0.2) is 4.98 Å². The minimum atomic E-state index is 0.769. The largest absolute Gasteiger partial charge is 0.481 e. The van der Waals surface area contributed by atoms with Crippen molar-refractivity contribution < 1.29 is 4.74 Å². The molecule has 1 aromatic rings. The van der Waals surface area contributed by atoms with Gasteiger partial charge >= 0.3 is 0 Å². The van der Waals surface area contributed by atoms with Crippen LogP contribution in [0.2, 0.25) is 0 Å². The fourth-order valence-corrected chi connectivity index (χ4v) is 2.52. The van der Waals surface area contributed by atoms with E-state index in [4.69, 9.17) is 4.74 Å². The Kier molecular flexibility index (Phi) is 4.37. The van der Waals surface area contributed by atoms with Gasteiger partial charge in [-0.05, 0) is 37.9 Å². The van der Waals surface area contributed by atoms with Crippen LogP contribution in [-0.4, -0.2) is 30.1 Å². The van der Waals surface area contributed by atoms with Gasteiger partial charge in [0.2, 0.25) is 5.88 Å². The second kappa shape index (κ2) is 6.01. The number of ether oxygens (including phenoxy) is 1. The first kappa shape index (κ1) is 12.4. The summed E-state index contributed by atoms with van der Waals surface area (Å²) in [5.41, 5.74) is 1.20. The zero-order valence-electron chi connectivity index (χ0n) is 10.9. The molecule has 2 heterocycles. The molecule has 1 aliphatic heterocycles. The van der Waals surface area contributed by atoms with E-state index in [1.807, 2.05) is 6.07 Å². The lowest BCUT2D eigenvalue weighted by Gasteiger charge is -2.31. The van der Waals surface area contributed by atoms with Crippen molar-refractivity contribution in [2.75, 3.05) is 20.2 Å². The van der Waals surface area contributed by atoms with Gasteiger partial charge in [-0.2, -0.15) is 0 Å². The van der Waals surface area contributed by atoms with Gasteiger partial charge in [-0.15, -0.1) is 0 Å². The lowest BCUT2D eigenvalue weighted by Crippen LogP contribution is -2.33. The van der Waals surface area contributed by atoms with Crippen LogP contribution in [0.4, 0.5) is 0 Å². The molecule has 3 heteroatoms. The van der Waals surface area contributed by atoms with E-state index in [0.29, 0.717) is 0 Å². The highest BCUT2D eigenvalue weighted by Gasteiger charge is 2.18. The Morgan fingerprint density at radius 3 is 2.82 bits per heavy atom. The molecule has 94 valence electrons. The van der Waals surface area contributed by atoms with E-state index < -0.39 is 0 Å². The summed E-state index contributed by atoms with van der Waals surface area (Å²) in [6.45, 7) is 5.67. The average Bonchev–Trinajstić information content (AvgIpc) is 2.40. The summed E-state index contributed by atoms with van der Waals surface area (Å²) in [7, 11) is 1.69. The molecule has 3 nitrogen and oxygen atoms in total. The van der Waals surface area contributed by atoms with E-state index in [0.717, 1.165) is 18.3 Å². The van der Waals surface area contributed by atoms with Crippen molar-refractivity contribution in [3.8, 4) is 5.88 Å². The Morgan fingerprint density at radius 1 is 1.41 bits per heavy atom. The molecule has 2 rings (SSSR count). The third kappa shape index (κ3) is 3.19. The van der Waals surface area contributed by atoms with Gasteiger partial charge in [0, 0.05) is 18.3 Å². The molecule has 1 aliphatic rings. The Balaban J connectivity index is 1.93. The summed E-state index contributed by atoms with van der Waals surface area (Å²) in [6, 6.07) is 4.09. The van der Waals surface area contributed by atoms with Gasteiger partial charge in [0.25, 0.3) is 0 Å². The summed E-state index contributed by atoms with van der Waals surface area (Å²) < 4.78 is 5.29. The van der Waals surface area contributed by atoms with Crippen LogP contribution in [0.1, 0.15) is 31.7 Å². The molecule has 0 bridgehead atoms. The monoisotopic (exact) mass is 234 g/mol. The maximum Gasteiger partial charge on any atom is 0.217 e. The predicted molar refractivity (Wildman–Crippen MR) is 69.1 cm³/mol. The molecule has 0 aliphatic carbocycles. The van der Waals surface area contributed by atoms with Crippen LogP contribution in [0.3, 0.4) is 0 Å². The number of pyridine rings is 1. The van der Waals surface area contributed by atoms with E-state index in [-0.39, 0.29) is 0 Å². The molecular weight excluding hydrogens is 212 g/mol. The van der Waals surface area contributed by atoms with Gasteiger partial charge < -0.3 is 4.74 Å². The van der Waals surface area contributed by atoms with Crippen LogP contribution in [0.25, 0.3) is 0 Å². The fraction of sp³-hybridized carbons (Fsp3) is 0.643. The second-order valence-corrected chi connectivity index (χ2v) is 4.80. The molecule has 0 unspecified atom stereocenters. The Hall–Kier alpha value is -1.09. The summed E-state index contributed by atoms with van der Waals surface area (Å²) in [4.78, 5) is 6.75. The highest BCUT2D eigenvalue weighted by molar-refractivity contribution is 5.25. The summed E-state index contributed by atoms with van der Waals surface area (Å²) in [5, 5.41) is 0. The predicted octanol–water partition coefficient (Wildman–Crippen LogP) is 2.71. The topological polar surface area (TPSA) is 25.4 Å². The minimum Gasteiger partial charge on any atom is -0.481 e. The minimum absolute atomic E-state index is 0.769. The smallest absolute Gasteiger partial charge is 0.217 e. The number of hydrogen-bond acceptors (Lipinski definition) is 3. The number of methoxy groups -OCH3 is 1. The first-order chi connectivity index (χ1) is 8.33. The number of rotatable bonds is 4. The highest BCUT2D eigenvalue weighted by atomic mass is 16.5. The SMILES string of the molecule is CCC1CCN(Cc2cccnc2OC)CC1. The molecule has 1 fully saturated rings. The third-order valence-corrected chi connectivity index (χ3v) is 3.72. The molecule has 0 aromatic carbocycles. The molecule has 0 radical (unpaired) electrons. The van der Waals surface area contributed by atoms with Crippen LogP contribution in [-0.2, 0) is 6.54 Å². The zero-order chi connectivity index (χ0) is 12.1. The molecule has 0 saturated carbocycles. The van der Waals surface area contributed by atoms with Crippen molar-refractivity contribution in [2.45, 2.75) is 32.7 Å². The van der Waals surface area contributed by atoms with Crippen molar-refractivity contribution >= 4 is 0 Å². The second-order valence-electron chi connectivity index (χ2n) is 4.80.